The molecule has 128 valence electrons. The van der Waals surface area contributed by atoms with E-state index in [0.29, 0.717) is 5.56 Å². The minimum absolute atomic E-state index is 0.142. The van der Waals surface area contributed by atoms with Gasteiger partial charge in [-0.15, -0.1) is 0 Å². The Morgan fingerprint density at radius 1 is 1.16 bits per heavy atom. The molecule has 3 N–H and O–H groups in total. The van der Waals surface area contributed by atoms with Gasteiger partial charge in [-0.1, -0.05) is 12.1 Å². The molecule has 25 heavy (non-hydrogen) atoms. The third-order valence-electron chi connectivity index (χ3n) is 3.01. The molecule has 8 nitrogen and oxygen atoms in total. The summed E-state index contributed by atoms with van der Waals surface area (Å²) in [6.07, 6.45) is 0. The molecule has 0 spiro atoms. The maximum Gasteiger partial charge on any atom is 0.338 e. The number of carbonyl (C=O) groups excluding carboxylic acids is 2. The van der Waals surface area contributed by atoms with Gasteiger partial charge in [-0.2, -0.15) is 5.26 Å². The Hall–Kier alpha value is -3.22. The predicted molar refractivity (Wildman–Crippen MR) is 87.9 cm³/mol. The number of rotatable bonds is 5. The molecule has 0 saturated heterocycles. The minimum Gasteiger partial charge on any atom is -0.452 e. The van der Waals surface area contributed by atoms with Crippen LogP contribution in [-0.4, -0.2) is 26.9 Å². The maximum atomic E-state index is 11.8. The van der Waals surface area contributed by atoms with E-state index < -0.39 is 28.5 Å². The highest BCUT2D eigenvalue weighted by Crippen LogP contribution is 2.14. The van der Waals surface area contributed by atoms with E-state index in [4.69, 9.17) is 15.1 Å². The molecule has 0 heterocycles. The van der Waals surface area contributed by atoms with Crippen molar-refractivity contribution in [3.63, 3.8) is 0 Å². The predicted octanol–water partition coefficient (Wildman–Crippen LogP) is 1.00. The summed E-state index contributed by atoms with van der Waals surface area (Å²) in [7, 11) is -3.89. The van der Waals surface area contributed by atoms with E-state index in [2.05, 4.69) is 5.32 Å². The van der Waals surface area contributed by atoms with Crippen LogP contribution in [0.4, 0.5) is 5.69 Å². The standard InChI is InChI=1S/C16H13N3O5S/c17-9-11-3-1-4-12(7-11)16(21)24-10-15(20)19-13-5-2-6-14(8-13)25(18,22)23/h1-8H,10H2,(H,19,20)(H2,18,22,23). The summed E-state index contributed by atoms with van der Waals surface area (Å²) in [4.78, 5) is 23.5. The van der Waals surface area contributed by atoms with Crippen LogP contribution in [0.1, 0.15) is 15.9 Å². The van der Waals surface area contributed by atoms with Crippen LogP contribution in [-0.2, 0) is 19.6 Å². The lowest BCUT2D eigenvalue weighted by Gasteiger charge is -2.08. The fourth-order valence-corrected chi connectivity index (χ4v) is 2.44. The molecule has 0 atom stereocenters. The molecule has 0 unspecified atom stereocenters. The quantitative estimate of drug-likeness (QED) is 0.763. The van der Waals surface area contributed by atoms with Gasteiger partial charge in [-0.25, -0.2) is 18.4 Å². The first kappa shape index (κ1) is 18.1. The number of ether oxygens (including phenoxy) is 1. The number of nitrogens with one attached hydrogen (secondary N) is 1. The van der Waals surface area contributed by atoms with Crippen molar-refractivity contribution < 1.29 is 22.7 Å². The molecule has 0 aliphatic heterocycles. The van der Waals surface area contributed by atoms with Crippen LogP contribution in [0, 0.1) is 11.3 Å². The zero-order valence-corrected chi connectivity index (χ0v) is 13.6. The monoisotopic (exact) mass is 359 g/mol. The van der Waals surface area contributed by atoms with Crippen molar-refractivity contribution in [2.75, 3.05) is 11.9 Å². The minimum atomic E-state index is -3.89. The van der Waals surface area contributed by atoms with Crippen LogP contribution in [0.3, 0.4) is 0 Å². The van der Waals surface area contributed by atoms with Gasteiger partial charge in [-0.3, -0.25) is 4.79 Å². The number of sulfonamides is 1. The smallest absolute Gasteiger partial charge is 0.338 e. The number of esters is 1. The van der Waals surface area contributed by atoms with Gasteiger partial charge < -0.3 is 10.1 Å². The van der Waals surface area contributed by atoms with Crippen LogP contribution >= 0.6 is 0 Å². The Labute approximate surface area is 143 Å². The Balaban J connectivity index is 1.97. The van der Waals surface area contributed by atoms with Crippen LogP contribution in [0.2, 0.25) is 0 Å². The van der Waals surface area contributed by atoms with Gasteiger partial charge in [-0.05, 0) is 36.4 Å². The first-order valence-electron chi connectivity index (χ1n) is 6.89. The van der Waals surface area contributed by atoms with Gasteiger partial charge in [0, 0.05) is 5.69 Å². The number of primary sulfonamides is 1. The molecule has 2 rings (SSSR count). The highest BCUT2D eigenvalue weighted by atomic mass is 32.2. The lowest BCUT2D eigenvalue weighted by molar-refractivity contribution is -0.119. The Bertz CT molecular complexity index is 964. The summed E-state index contributed by atoms with van der Waals surface area (Å²) in [6, 6.07) is 13.1. The number of carbonyl (C=O) groups is 2. The average Bonchev–Trinajstić information content (AvgIpc) is 2.59. The SMILES string of the molecule is N#Cc1cccc(C(=O)OCC(=O)Nc2cccc(S(N)(=O)=O)c2)c1. The van der Waals surface area contributed by atoms with Gasteiger partial charge in [0.15, 0.2) is 6.61 Å². The fourth-order valence-electron chi connectivity index (χ4n) is 1.88. The van der Waals surface area contributed by atoms with Gasteiger partial charge in [0.2, 0.25) is 10.0 Å². The summed E-state index contributed by atoms with van der Waals surface area (Å²) in [6.45, 7) is -0.574. The zero-order chi connectivity index (χ0) is 18.4. The molecule has 0 radical (unpaired) electrons. The van der Waals surface area contributed by atoms with Crippen LogP contribution in [0.5, 0.6) is 0 Å². The molecule has 0 aromatic heterocycles. The van der Waals surface area contributed by atoms with Crippen molar-refractivity contribution in [2.45, 2.75) is 4.90 Å². The van der Waals surface area contributed by atoms with Crippen molar-refractivity contribution in [3.05, 3.63) is 59.7 Å². The summed E-state index contributed by atoms with van der Waals surface area (Å²) >= 11 is 0. The second-order valence-corrected chi connectivity index (χ2v) is 6.45. The number of benzene rings is 2. The molecule has 2 aromatic rings. The molecule has 2 aromatic carbocycles. The van der Waals surface area contributed by atoms with E-state index >= 15 is 0 Å². The summed E-state index contributed by atoms with van der Waals surface area (Å²) in [5.41, 5.74) is 0.626. The number of anilines is 1. The molecule has 0 aliphatic rings. The van der Waals surface area contributed by atoms with Crippen molar-refractivity contribution in [3.8, 4) is 6.07 Å². The van der Waals surface area contributed by atoms with Gasteiger partial charge in [0.05, 0.1) is 22.1 Å². The van der Waals surface area contributed by atoms with Gasteiger partial charge in [0.25, 0.3) is 5.91 Å². The average molecular weight is 359 g/mol. The second-order valence-electron chi connectivity index (χ2n) is 4.89. The molecule has 0 saturated carbocycles. The maximum absolute atomic E-state index is 11.8. The first-order chi connectivity index (χ1) is 11.8. The third-order valence-corrected chi connectivity index (χ3v) is 3.92. The zero-order valence-electron chi connectivity index (χ0n) is 12.8. The van der Waals surface area contributed by atoms with E-state index in [1.807, 2.05) is 6.07 Å². The Kier molecular flexibility index (Phi) is 5.49. The first-order valence-corrected chi connectivity index (χ1v) is 8.44. The summed E-state index contributed by atoms with van der Waals surface area (Å²) in [5, 5.41) is 16.2. The molecule has 9 heteroatoms. The highest BCUT2D eigenvalue weighted by molar-refractivity contribution is 7.89. The third kappa shape index (κ3) is 5.13. The van der Waals surface area contributed by atoms with E-state index in [-0.39, 0.29) is 16.1 Å². The van der Waals surface area contributed by atoms with Crippen LogP contribution in [0.25, 0.3) is 0 Å². The number of hydrogen-bond acceptors (Lipinski definition) is 6. The molecule has 0 fully saturated rings. The lowest BCUT2D eigenvalue weighted by Crippen LogP contribution is -2.21. The van der Waals surface area contributed by atoms with Crippen molar-refractivity contribution in [1.29, 1.82) is 5.26 Å². The van der Waals surface area contributed by atoms with Crippen molar-refractivity contribution in [1.82, 2.24) is 0 Å². The van der Waals surface area contributed by atoms with E-state index in [0.717, 1.165) is 0 Å². The van der Waals surface area contributed by atoms with Crippen LogP contribution in [0.15, 0.2) is 53.4 Å². The number of nitrogens with two attached hydrogens (primary N) is 1. The Morgan fingerprint density at radius 3 is 2.56 bits per heavy atom. The normalized spacial score (nSPS) is 10.6. The van der Waals surface area contributed by atoms with E-state index in [1.54, 1.807) is 0 Å². The lowest BCUT2D eigenvalue weighted by atomic mass is 10.1. The summed E-state index contributed by atoms with van der Waals surface area (Å²) in [5.74, 6) is -1.41. The highest BCUT2D eigenvalue weighted by Gasteiger charge is 2.12. The van der Waals surface area contributed by atoms with Gasteiger partial charge >= 0.3 is 5.97 Å². The number of nitrogens with zero attached hydrogens (tertiary/aromatic N) is 1. The van der Waals surface area contributed by atoms with Crippen LogP contribution < -0.4 is 10.5 Å². The fraction of sp³-hybridized carbons (Fsp3) is 0.0625. The topological polar surface area (TPSA) is 139 Å². The molecular formula is C16H13N3O5S. The Morgan fingerprint density at radius 2 is 1.88 bits per heavy atom. The molecule has 0 aliphatic carbocycles. The van der Waals surface area contributed by atoms with Gasteiger partial charge in [0.1, 0.15) is 0 Å². The van der Waals surface area contributed by atoms with Crippen molar-refractivity contribution >= 4 is 27.6 Å². The largest absolute Gasteiger partial charge is 0.452 e. The second kappa shape index (κ2) is 7.57. The van der Waals surface area contributed by atoms with E-state index in [1.165, 1.54) is 48.5 Å². The van der Waals surface area contributed by atoms with E-state index in [9.17, 15) is 18.0 Å². The number of hydrogen-bond donors (Lipinski definition) is 2. The number of nitriles is 1. The molecular weight excluding hydrogens is 346 g/mol. The summed E-state index contributed by atoms with van der Waals surface area (Å²) < 4.78 is 27.4. The van der Waals surface area contributed by atoms with Crippen molar-refractivity contribution in [2.24, 2.45) is 5.14 Å². The molecule has 0 bridgehead atoms. The number of amides is 1. The molecule has 1 amide bonds.